The van der Waals surface area contributed by atoms with Crippen LogP contribution in [0.4, 0.5) is 5.13 Å². The Labute approximate surface area is 186 Å². The maximum atomic E-state index is 13.0. The molecule has 0 aliphatic heterocycles. The van der Waals surface area contributed by atoms with Crippen molar-refractivity contribution < 1.29 is 9.53 Å². The van der Waals surface area contributed by atoms with Crippen LogP contribution in [0.2, 0.25) is 0 Å². The number of anilines is 1. The molecule has 0 atom stereocenters. The predicted octanol–water partition coefficient (Wildman–Crippen LogP) is 5.18. The third kappa shape index (κ3) is 6.02. The molecule has 3 aromatic rings. The fraction of sp³-hybridized carbons (Fsp3) is 0.333. The first kappa shape index (κ1) is 23.3. The van der Waals surface area contributed by atoms with E-state index < -0.39 is 0 Å². The van der Waals surface area contributed by atoms with Gasteiger partial charge in [0.25, 0.3) is 5.91 Å². The quantitative estimate of drug-likeness (QED) is 0.420. The van der Waals surface area contributed by atoms with E-state index in [0.29, 0.717) is 6.54 Å². The molecule has 1 aromatic carbocycles. The zero-order valence-electron chi connectivity index (χ0n) is 16.8. The summed E-state index contributed by atoms with van der Waals surface area (Å²) in [4.78, 5) is 22.8. The molecule has 2 heterocycles. The van der Waals surface area contributed by atoms with Gasteiger partial charge in [-0.25, -0.2) is 4.98 Å². The minimum atomic E-state index is -0.0495. The fourth-order valence-electron chi connectivity index (χ4n) is 2.85. The Hall–Kier alpha value is -1.93. The summed E-state index contributed by atoms with van der Waals surface area (Å²) in [6.07, 6.45) is 3.51. The van der Waals surface area contributed by atoms with E-state index in [4.69, 9.17) is 9.72 Å². The van der Waals surface area contributed by atoms with Gasteiger partial charge in [0, 0.05) is 24.0 Å². The summed E-state index contributed by atoms with van der Waals surface area (Å²) < 4.78 is 6.32. The van der Waals surface area contributed by atoms with Crippen LogP contribution in [0.1, 0.15) is 18.7 Å². The molecule has 5 nitrogen and oxygen atoms in total. The first-order chi connectivity index (χ1) is 13.6. The Balaban J connectivity index is 0.00000300. The van der Waals surface area contributed by atoms with Crippen molar-refractivity contribution >= 4 is 62.4 Å². The minimum absolute atomic E-state index is 0. The van der Waals surface area contributed by atoms with Crippen LogP contribution in [-0.2, 0) is 4.79 Å². The lowest BCUT2D eigenvalue weighted by molar-refractivity contribution is -0.114. The lowest BCUT2D eigenvalue weighted by atomic mass is 10.3. The van der Waals surface area contributed by atoms with E-state index in [1.165, 1.54) is 11.3 Å². The van der Waals surface area contributed by atoms with Crippen molar-refractivity contribution in [3.8, 4) is 5.75 Å². The number of aromatic nitrogens is 1. The molecule has 1 amide bonds. The second-order valence-electron chi connectivity index (χ2n) is 6.20. The van der Waals surface area contributed by atoms with Crippen molar-refractivity contribution in [1.82, 2.24) is 9.88 Å². The number of benzene rings is 1. The van der Waals surface area contributed by atoms with E-state index in [1.807, 2.05) is 41.8 Å². The molecule has 29 heavy (non-hydrogen) atoms. The largest absolute Gasteiger partial charge is 0.497 e. The van der Waals surface area contributed by atoms with Crippen molar-refractivity contribution in [3.63, 3.8) is 0 Å². The summed E-state index contributed by atoms with van der Waals surface area (Å²) in [6.45, 7) is 7.60. The molecule has 0 spiro atoms. The SMILES string of the molecule is CCN(CC)CCN(C(=O)C=Cc1cccs1)c1nc2ccc(OC)cc2s1.Cl. The van der Waals surface area contributed by atoms with Gasteiger partial charge in [0.2, 0.25) is 0 Å². The summed E-state index contributed by atoms with van der Waals surface area (Å²) in [6, 6.07) is 9.77. The lowest BCUT2D eigenvalue weighted by Crippen LogP contribution is -2.38. The van der Waals surface area contributed by atoms with Gasteiger partial charge < -0.3 is 9.64 Å². The number of amides is 1. The number of likely N-dealkylation sites (N-methyl/N-ethyl adjacent to an activating group) is 1. The Morgan fingerprint density at radius 1 is 1.21 bits per heavy atom. The number of carbonyl (C=O) groups is 1. The van der Waals surface area contributed by atoms with E-state index in [2.05, 4.69) is 18.7 Å². The van der Waals surface area contributed by atoms with Crippen LogP contribution in [0.15, 0.2) is 41.8 Å². The molecule has 3 rings (SSSR count). The molecule has 0 saturated heterocycles. The number of nitrogens with zero attached hydrogens (tertiary/aromatic N) is 3. The molecule has 2 aromatic heterocycles. The zero-order chi connectivity index (χ0) is 19.9. The van der Waals surface area contributed by atoms with E-state index in [0.717, 1.165) is 45.6 Å². The Bertz CT molecular complexity index is 937. The number of fused-ring (bicyclic) bond motifs is 1. The molecule has 0 N–H and O–H groups in total. The summed E-state index contributed by atoms with van der Waals surface area (Å²) in [5, 5.41) is 2.72. The van der Waals surface area contributed by atoms with E-state index in [9.17, 15) is 4.79 Å². The highest BCUT2D eigenvalue weighted by atomic mass is 35.5. The van der Waals surface area contributed by atoms with Crippen molar-refractivity contribution in [1.29, 1.82) is 0 Å². The molecule has 0 aliphatic carbocycles. The van der Waals surface area contributed by atoms with Gasteiger partial charge in [-0.15, -0.1) is 23.7 Å². The highest BCUT2D eigenvalue weighted by molar-refractivity contribution is 7.22. The Morgan fingerprint density at radius 3 is 2.66 bits per heavy atom. The van der Waals surface area contributed by atoms with Gasteiger partial charge in [-0.05, 0) is 48.8 Å². The summed E-state index contributed by atoms with van der Waals surface area (Å²) in [7, 11) is 1.65. The van der Waals surface area contributed by atoms with Gasteiger partial charge in [-0.1, -0.05) is 31.3 Å². The summed E-state index contributed by atoms with van der Waals surface area (Å²) in [5.41, 5.74) is 0.878. The topological polar surface area (TPSA) is 45.7 Å². The number of carbonyl (C=O) groups excluding carboxylic acids is 1. The highest BCUT2D eigenvalue weighted by Crippen LogP contribution is 2.31. The number of hydrogen-bond donors (Lipinski definition) is 0. The van der Waals surface area contributed by atoms with Gasteiger partial charge in [-0.3, -0.25) is 9.69 Å². The molecular weight excluding hydrogens is 426 g/mol. The maximum Gasteiger partial charge on any atom is 0.252 e. The Morgan fingerprint density at radius 2 is 2.00 bits per heavy atom. The van der Waals surface area contributed by atoms with Gasteiger partial charge in [0.15, 0.2) is 5.13 Å². The van der Waals surface area contributed by atoms with E-state index in [-0.39, 0.29) is 18.3 Å². The number of rotatable bonds is 9. The monoisotopic (exact) mass is 451 g/mol. The number of ether oxygens (including phenoxy) is 1. The molecule has 0 aliphatic rings. The molecule has 0 radical (unpaired) electrons. The number of thiazole rings is 1. The third-order valence-corrected chi connectivity index (χ3v) is 6.43. The van der Waals surface area contributed by atoms with E-state index >= 15 is 0 Å². The van der Waals surface area contributed by atoms with Gasteiger partial charge in [0.05, 0.1) is 17.3 Å². The first-order valence-corrected chi connectivity index (χ1v) is 11.0. The standard InChI is InChI=1S/C21H25N3O2S2.ClH/c1-4-23(5-2)12-13-24(20(25)11-9-17-7-6-14-27-17)21-22-18-10-8-16(26-3)15-19(18)28-21;/h6-11,14-15H,4-5,12-13H2,1-3H3;1H. The molecule has 0 bridgehead atoms. The number of thiophene rings is 1. The van der Waals surface area contributed by atoms with Crippen LogP contribution in [-0.4, -0.2) is 49.1 Å². The number of halogens is 1. The minimum Gasteiger partial charge on any atom is -0.497 e. The van der Waals surface area contributed by atoms with Crippen LogP contribution in [0, 0.1) is 0 Å². The number of methoxy groups -OCH3 is 1. The molecule has 0 fully saturated rings. The average Bonchev–Trinajstić information content (AvgIpc) is 3.38. The average molecular weight is 452 g/mol. The fourth-order valence-corrected chi connectivity index (χ4v) is 4.49. The Kier molecular flexibility index (Phi) is 9.10. The predicted molar refractivity (Wildman–Crippen MR) is 127 cm³/mol. The smallest absolute Gasteiger partial charge is 0.252 e. The van der Waals surface area contributed by atoms with Crippen LogP contribution in [0.25, 0.3) is 16.3 Å². The summed E-state index contributed by atoms with van der Waals surface area (Å²) >= 11 is 3.13. The van der Waals surface area contributed by atoms with Crippen molar-refractivity contribution in [2.45, 2.75) is 13.8 Å². The molecular formula is C21H26ClN3O2S2. The maximum absolute atomic E-state index is 13.0. The van der Waals surface area contributed by atoms with Crippen molar-refractivity contribution in [3.05, 3.63) is 46.7 Å². The number of hydrogen-bond acceptors (Lipinski definition) is 6. The first-order valence-electron chi connectivity index (χ1n) is 9.34. The zero-order valence-corrected chi connectivity index (χ0v) is 19.3. The van der Waals surface area contributed by atoms with Gasteiger partial charge >= 0.3 is 0 Å². The van der Waals surface area contributed by atoms with Gasteiger partial charge in [0.1, 0.15) is 5.75 Å². The molecule has 8 heteroatoms. The van der Waals surface area contributed by atoms with Gasteiger partial charge in [-0.2, -0.15) is 0 Å². The van der Waals surface area contributed by atoms with Crippen LogP contribution >= 0.6 is 35.1 Å². The second kappa shape index (κ2) is 11.3. The molecule has 0 unspecified atom stereocenters. The molecule has 0 saturated carbocycles. The summed E-state index contributed by atoms with van der Waals surface area (Å²) in [5.74, 6) is 0.743. The molecule has 156 valence electrons. The third-order valence-electron chi connectivity index (χ3n) is 4.55. The van der Waals surface area contributed by atoms with Crippen LogP contribution < -0.4 is 9.64 Å². The lowest BCUT2D eigenvalue weighted by Gasteiger charge is -2.23. The van der Waals surface area contributed by atoms with Crippen LogP contribution in [0.5, 0.6) is 5.75 Å². The van der Waals surface area contributed by atoms with E-state index in [1.54, 1.807) is 29.4 Å². The highest BCUT2D eigenvalue weighted by Gasteiger charge is 2.19. The normalized spacial score (nSPS) is 11.2. The van der Waals surface area contributed by atoms with Crippen molar-refractivity contribution in [2.24, 2.45) is 0 Å². The second-order valence-corrected chi connectivity index (χ2v) is 8.18. The van der Waals surface area contributed by atoms with Crippen molar-refractivity contribution in [2.75, 3.05) is 38.2 Å². The van der Waals surface area contributed by atoms with Crippen LogP contribution in [0.3, 0.4) is 0 Å².